The van der Waals surface area contributed by atoms with Gasteiger partial charge in [0.15, 0.2) is 0 Å². The minimum Gasteiger partial charge on any atom is -0.306 e. The Morgan fingerprint density at radius 1 is 1.24 bits per heavy atom. The highest BCUT2D eigenvalue weighted by molar-refractivity contribution is 6.34. The van der Waals surface area contributed by atoms with Crippen molar-refractivity contribution in [3.05, 3.63) is 58.8 Å². The summed E-state index contributed by atoms with van der Waals surface area (Å²) in [4.78, 5) is 32.4. The maximum absolute atomic E-state index is 12.5. The molecule has 25 heavy (non-hydrogen) atoms. The minimum atomic E-state index is -0.487. The van der Waals surface area contributed by atoms with Crippen molar-refractivity contribution in [2.75, 3.05) is 5.32 Å². The van der Waals surface area contributed by atoms with Crippen LogP contribution < -0.4 is 5.32 Å². The summed E-state index contributed by atoms with van der Waals surface area (Å²) < 4.78 is 1.30. The van der Waals surface area contributed by atoms with Gasteiger partial charge in [0.1, 0.15) is 5.82 Å². The topological polar surface area (TPSA) is 88.7 Å². The van der Waals surface area contributed by atoms with Gasteiger partial charge in [-0.15, -0.1) is 0 Å². The predicted molar refractivity (Wildman–Crippen MR) is 96.5 cm³/mol. The van der Waals surface area contributed by atoms with Crippen LogP contribution in [-0.2, 0) is 4.79 Å². The Hall–Kier alpha value is -3.06. The lowest BCUT2D eigenvalue weighted by atomic mass is 10.2. The molecule has 0 saturated carbocycles. The molecule has 1 aromatic heterocycles. The van der Waals surface area contributed by atoms with E-state index < -0.39 is 11.8 Å². The number of nitrogens with one attached hydrogen (secondary N) is 1. The molecule has 0 bridgehead atoms. The van der Waals surface area contributed by atoms with Crippen molar-refractivity contribution < 1.29 is 9.59 Å². The van der Waals surface area contributed by atoms with Gasteiger partial charge in [0, 0.05) is 6.07 Å². The summed E-state index contributed by atoms with van der Waals surface area (Å²) in [5, 5.41) is 7.30. The molecule has 2 heterocycles. The number of rotatable bonds is 2. The molecule has 2 aromatic rings. The first-order chi connectivity index (χ1) is 11.9. The second-order valence-electron chi connectivity index (χ2n) is 5.41. The number of hydrogen-bond acceptors (Lipinski definition) is 4. The predicted octanol–water partition coefficient (Wildman–Crippen LogP) is 2.86. The molecule has 0 aliphatic carbocycles. The molecule has 0 fully saturated rings. The maximum Gasteiger partial charge on any atom is 0.281 e. The number of amides is 2. The Bertz CT molecular complexity index is 971. The normalized spacial score (nSPS) is 14.2. The number of aromatic nitrogens is 2. The van der Waals surface area contributed by atoms with Crippen molar-refractivity contribution in [1.29, 1.82) is 0 Å². The van der Waals surface area contributed by atoms with Crippen LogP contribution in [0.25, 0.3) is 0 Å². The summed E-state index contributed by atoms with van der Waals surface area (Å²) in [6, 6.07) is 8.34. The van der Waals surface area contributed by atoms with Crippen molar-refractivity contribution >= 4 is 40.9 Å². The average Bonchev–Trinajstić information content (AvgIpc) is 2.93. The number of carbonyl (C=O) groups is 2. The van der Waals surface area contributed by atoms with E-state index in [1.54, 1.807) is 44.2 Å². The first-order valence-electron chi connectivity index (χ1n) is 7.37. The van der Waals surface area contributed by atoms with Crippen LogP contribution in [-0.4, -0.2) is 33.3 Å². The molecule has 1 aromatic carbocycles. The van der Waals surface area contributed by atoms with Crippen LogP contribution in [0.3, 0.4) is 0 Å². The van der Waals surface area contributed by atoms with E-state index in [1.807, 2.05) is 0 Å². The third-order valence-corrected chi connectivity index (χ3v) is 3.87. The van der Waals surface area contributed by atoms with Crippen molar-refractivity contribution in [2.45, 2.75) is 13.8 Å². The van der Waals surface area contributed by atoms with E-state index in [9.17, 15) is 9.59 Å². The van der Waals surface area contributed by atoms with E-state index in [2.05, 4.69) is 27.0 Å². The zero-order chi connectivity index (χ0) is 18.1. The van der Waals surface area contributed by atoms with Crippen LogP contribution in [0.15, 0.2) is 52.5 Å². The van der Waals surface area contributed by atoms with Crippen molar-refractivity contribution in [2.24, 2.45) is 9.98 Å². The molecular formula is C17H14ClN5O2. The lowest BCUT2D eigenvalue weighted by molar-refractivity contribution is -0.113. The van der Waals surface area contributed by atoms with Gasteiger partial charge in [0.2, 0.25) is 0 Å². The van der Waals surface area contributed by atoms with Crippen LogP contribution in [0.2, 0.25) is 5.02 Å². The number of aryl methyl sites for hydroxylation is 1. The highest BCUT2D eigenvalue weighted by atomic mass is 35.5. The van der Waals surface area contributed by atoms with Gasteiger partial charge in [-0.2, -0.15) is 14.8 Å². The van der Waals surface area contributed by atoms with Crippen LogP contribution in [0.4, 0.5) is 5.82 Å². The van der Waals surface area contributed by atoms with Gasteiger partial charge in [-0.1, -0.05) is 30.3 Å². The molecule has 1 aliphatic rings. The van der Waals surface area contributed by atoms with Gasteiger partial charge in [-0.05, 0) is 26.0 Å². The summed E-state index contributed by atoms with van der Waals surface area (Å²) in [6.45, 7) is 7.04. The molecule has 126 valence electrons. The first-order valence-corrected chi connectivity index (χ1v) is 7.75. The summed E-state index contributed by atoms with van der Waals surface area (Å²) in [5.41, 5.74) is 1.63. The smallest absolute Gasteiger partial charge is 0.281 e. The van der Waals surface area contributed by atoms with E-state index >= 15 is 0 Å². The largest absolute Gasteiger partial charge is 0.306 e. The van der Waals surface area contributed by atoms with Crippen molar-refractivity contribution in [1.82, 2.24) is 9.78 Å². The van der Waals surface area contributed by atoms with Crippen molar-refractivity contribution in [3.63, 3.8) is 0 Å². The standard InChI is InChI=1S/C17H14ClN5O2/c1-9-8-14(20-16(25)12-6-4-5-7-13(12)18)23(22-9)17-19-11(3)10(2)15(24)21-17/h4-8H,2H2,1,3H3,(H,20,25). The second kappa shape index (κ2) is 6.45. The molecule has 1 aliphatic heterocycles. The Balaban J connectivity index is 1.96. The average molecular weight is 356 g/mol. The molecule has 8 heteroatoms. The number of anilines is 1. The van der Waals surface area contributed by atoms with E-state index in [0.717, 1.165) is 0 Å². The van der Waals surface area contributed by atoms with Gasteiger partial charge in [-0.25, -0.2) is 4.99 Å². The number of nitrogens with zero attached hydrogens (tertiary/aromatic N) is 4. The monoisotopic (exact) mass is 355 g/mol. The van der Waals surface area contributed by atoms with Gasteiger partial charge in [-0.3, -0.25) is 9.59 Å². The Kier molecular flexibility index (Phi) is 4.33. The van der Waals surface area contributed by atoms with Gasteiger partial charge in [0.05, 0.1) is 27.6 Å². The molecule has 0 radical (unpaired) electrons. The number of hydrogen-bond donors (Lipinski definition) is 1. The fourth-order valence-electron chi connectivity index (χ4n) is 2.22. The molecule has 0 unspecified atom stereocenters. The van der Waals surface area contributed by atoms with Gasteiger partial charge >= 0.3 is 0 Å². The minimum absolute atomic E-state index is 0.0671. The van der Waals surface area contributed by atoms with E-state index in [1.165, 1.54) is 4.68 Å². The van der Waals surface area contributed by atoms with E-state index in [4.69, 9.17) is 11.6 Å². The summed E-state index contributed by atoms with van der Waals surface area (Å²) >= 11 is 6.05. The molecule has 3 rings (SSSR count). The quantitative estimate of drug-likeness (QED) is 0.840. The molecule has 1 N–H and O–H groups in total. The maximum atomic E-state index is 12.5. The summed E-state index contributed by atoms with van der Waals surface area (Å²) in [5.74, 6) is -0.492. The fraction of sp³-hybridized carbons (Fsp3) is 0.118. The van der Waals surface area contributed by atoms with Gasteiger partial charge < -0.3 is 5.32 Å². The first kappa shape index (κ1) is 16.8. The van der Waals surface area contributed by atoms with Crippen LogP contribution in [0, 0.1) is 6.92 Å². The number of halogens is 1. The molecule has 2 amide bonds. The highest BCUT2D eigenvalue weighted by Crippen LogP contribution is 2.19. The zero-order valence-electron chi connectivity index (χ0n) is 13.6. The third-order valence-electron chi connectivity index (χ3n) is 3.55. The SMILES string of the molecule is C=C1C(=O)N=C(n2nc(C)cc2NC(=O)c2ccccc2Cl)N=C1C. The Morgan fingerprint density at radius 2 is 1.96 bits per heavy atom. The molecular weight excluding hydrogens is 342 g/mol. The lowest BCUT2D eigenvalue weighted by Crippen LogP contribution is -2.25. The number of aliphatic imine (C=N–C) groups is 2. The molecule has 0 saturated heterocycles. The third kappa shape index (κ3) is 3.27. The Morgan fingerprint density at radius 3 is 2.64 bits per heavy atom. The van der Waals surface area contributed by atoms with Crippen LogP contribution >= 0.6 is 11.6 Å². The van der Waals surface area contributed by atoms with Crippen molar-refractivity contribution in [3.8, 4) is 0 Å². The van der Waals surface area contributed by atoms with Crippen LogP contribution in [0.1, 0.15) is 23.0 Å². The lowest BCUT2D eigenvalue weighted by Gasteiger charge is -2.13. The zero-order valence-corrected chi connectivity index (χ0v) is 14.3. The summed E-state index contributed by atoms with van der Waals surface area (Å²) in [6.07, 6.45) is 0. The van der Waals surface area contributed by atoms with Gasteiger partial charge in [0.25, 0.3) is 17.8 Å². The second-order valence-corrected chi connectivity index (χ2v) is 5.82. The number of carbonyl (C=O) groups excluding carboxylic acids is 2. The highest BCUT2D eigenvalue weighted by Gasteiger charge is 2.22. The fourth-order valence-corrected chi connectivity index (χ4v) is 2.44. The summed E-state index contributed by atoms with van der Waals surface area (Å²) in [7, 11) is 0. The Labute approximate surface area is 148 Å². The molecule has 0 spiro atoms. The number of benzene rings is 1. The van der Waals surface area contributed by atoms with E-state index in [-0.39, 0.29) is 11.5 Å². The van der Waals surface area contributed by atoms with E-state index in [0.29, 0.717) is 27.8 Å². The van der Waals surface area contributed by atoms with Crippen LogP contribution in [0.5, 0.6) is 0 Å². The molecule has 0 atom stereocenters. The molecule has 7 nitrogen and oxygen atoms in total.